The highest BCUT2D eigenvalue weighted by Crippen LogP contribution is 2.27. The second kappa shape index (κ2) is 10.1. The Bertz CT molecular complexity index is 1280. The number of hydrogen-bond donors (Lipinski definition) is 2. The molecule has 1 atom stereocenters. The van der Waals surface area contributed by atoms with E-state index in [0.717, 1.165) is 27.9 Å². The molecule has 34 heavy (non-hydrogen) atoms. The molecule has 0 aliphatic rings. The van der Waals surface area contributed by atoms with Crippen molar-refractivity contribution in [2.45, 2.75) is 26.3 Å². The normalized spacial score (nSPS) is 11.6. The van der Waals surface area contributed by atoms with E-state index in [4.69, 9.17) is 0 Å². The van der Waals surface area contributed by atoms with Crippen molar-refractivity contribution in [3.05, 3.63) is 102 Å². The van der Waals surface area contributed by atoms with Gasteiger partial charge in [-0.2, -0.15) is 5.10 Å². The molecule has 0 saturated carbocycles. The third-order valence-electron chi connectivity index (χ3n) is 5.75. The number of carbonyl (C=O) groups excluding carboxylic acids is 2. The van der Waals surface area contributed by atoms with E-state index in [1.54, 1.807) is 25.5 Å². The number of hydrogen-bond acceptors (Lipinski definition) is 4. The van der Waals surface area contributed by atoms with Crippen molar-refractivity contribution in [3.8, 4) is 11.1 Å². The van der Waals surface area contributed by atoms with E-state index in [1.807, 2.05) is 67.6 Å². The lowest BCUT2D eigenvalue weighted by atomic mass is 9.99. The number of nitrogens with one attached hydrogen (secondary N) is 2. The first kappa shape index (κ1) is 22.9. The van der Waals surface area contributed by atoms with Crippen molar-refractivity contribution < 1.29 is 9.59 Å². The Labute approximate surface area is 198 Å². The van der Waals surface area contributed by atoms with E-state index < -0.39 is 6.04 Å². The molecule has 7 nitrogen and oxygen atoms in total. The lowest BCUT2D eigenvalue weighted by molar-refractivity contribution is -0.118. The third-order valence-corrected chi connectivity index (χ3v) is 5.75. The van der Waals surface area contributed by atoms with Crippen LogP contribution in [0, 0.1) is 13.8 Å². The molecule has 2 aromatic carbocycles. The summed E-state index contributed by atoms with van der Waals surface area (Å²) in [7, 11) is 1.69. The topological polar surface area (TPSA) is 88.9 Å². The molecule has 0 saturated heterocycles. The lowest BCUT2D eigenvalue weighted by Crippen LogP contribution is -2.45. The van der Waals surface area contributed by atoms with Crippen LogP contribution >= 0.6 is 0 Å². The van der Waals surface area contributed by atoms with Crippen LogP contribution in [0.2, 0.25) is 0 Å². The van der Waals surface area contributed by atoms with Crippen molar-refractivity contribution >= 4 is 17.5 Å². The van der Waals surface area contributed by atoms with Gasteiger partial charge in [0.25, 0.3) is 5.91 Å². The highest BCUT2D eigenvalue weighted by Gasteiger charge is 2.23. The van der Waals surface area contributed by atoms with Gasteiger partial charge in [0.1, 0.15) is 11.7 Å². The van der Waals surface area contributed by atoms with Gasteiger partial charge in [0.2, 0.25) is 5.91 Å². The monoisotopic (exact) mass is 453 g/mol. The lowest BCUT2D eigenvalue weighted by Gasteiger charge is -2.19. The SMILES string of the molecule is Cc1ccnc(C)c1-c1ccc(NC(=O)C(Cc2ccccc2)NC(=O)c2ccnn2C)cc1. The number of aryl methyl sites for hydroxylation is 3. The van der Waals surface area contributed by atoms with E-state index >= 15 is 0 Å². The Kier molecular flexibility index (Phi) is 6.82. The van der Waals surface area contributed by atoms with Crippen LogP contribution in [0.1, 0.15) is 27.3 Å². The van der Waals surface area contributed by atoms with Gasteiger partial charge >= 0.3 is 0 Å². The molecule has 2 amide bonds. The zero-order chi connectivity index (χ0) is 24.1. The Morgan fingerprint density at radius 1 is 0.941 bits per heavy atom. The summed E-state index contributed by atoms with van der Waals surface area (Å²) >= 11 is 0. The van der Waals surface area contributed by atoms with Crippen molar-refractivity contribution in [2.75, 3.05) is 5.32 Å². The Morgan fingerprint density at radius 3 is 2.32 bits per heavy atom. The van der Waals surface area contributed by atoms with Crippen LogP contribution in [0.25, 0.3) is 11.1 Å². The summed E-state index contributed by atoms with van der Waals surface area (Å²) in [6.07, 6.45) is 3.71. The summed E-state index contributed by atoms with van der Waals surface area (Å²) in [5, 5.41) is 9.84. The van der Waals surface area contributed by atoms with E-state index in [9.17, 15) is 9.59 Å². The first-order chi connectivity index (χ1) is 16.4. The van der Waals surface area contributed by atoms with Gasteiger partial charge in [0.05, 0.1) is 0 Å². The molecule has 0 radical (unpaired) electrons. The molecule has 2 heterocycles. The number of pyridine rings is 1. The molecule has 7 heteroatoms. The Balaban J connectivity index is 1.52. The molecule has 0 fully saturated rings. The second-order valence-electron chi connectivity index (χ2n) is 8.21. The van der Waals surface area contributed by atoms with Crippen molar-refractivity contribution in [1.29, 1.82) is 0 Å². The molecule has 1 unspecified atom stereocenters. The predicted molar refractivity (Wildman–Crippen MR) is 132 cm³/mol. The average Bonchev–Trinajstić information content (AvgIpc) is 3.26. The largest absolute Gasteiger partial charge is 0.339 e. The van der Waals surface area contributed by atoms with Crippen molar-refractivity contribution in [2.24, 2.45) is 7.05 Å². The molecular formula is C27H27N5O2. The summed E-state index contributed by atoms with van der Waals surface area (Å²) in [6.45, 7) is 4.04. The fourth-order valence-corrected chi connectivity index (χ4v) is 3.97. The average molecular weight is 454 g/mol. The van der Waals surface area contributed by atoms with E-state index in [2.05, 4.69) is 27.6 Å². The minimum Gasteiger partial charge on any atom is -0.339 e. The molecule has 0 spiro atoms. The first-order valence-electron chi connectivity index (χ1n) is 11.1. The number of nitrogens with zero attached hydrogens (tertiary/aromatic N) is 3. The zero-order valence-corrected chi connectivity index (χ0v) is 19.4. The first-order valence-corrected chi connectivity index (χ1v) is 11.1. The van der Waals surface area contributed by atoms with Gasteiger partial charge in [-0.05, 0) is 54.8 Å². The van der Waals surface area contributed by atoms with Crippen LogP contribution in [-0.2, 0) is 18.3 Å². The van der Waals surface area contributed by atoms with E-state index in [-0.39, 0.29) is 11.8 Å². The third kappa shape index (κ3) is 5.20. The fourth-order valence-electron chi connectivity index (χ4n) is 3.97. The minimum absolute atomic E-state index is 0.291. The highest BCUT2D eigenvalue weighted by atomic mass is 16.2. The van der Waals surface area contributed by atoms with Crippen LogP contribution < -0.4 is 10.6 Å². The molecule has 0 aliphatic heterocycles. The number of anilines is 1. The quantitative estimate of drug-likeness (QED) is 0.441. The summed E-state index contributed by atoms with van der Waals surface area (Å²) in [5.41, 5.74) is 6.21. The fraction of sp³-hybridized carbons (Fsp3) is 0.185. The van der Waals surface area contributed by atoms with Crippen molar-refractivity contribution in [3.63, 3.8) is 0 Å². The smallest absolute Gasteiger partial charge is 0.270 e. The van der Waals surface area contributed by atoms with Crippen LogP contribution in [0.15, 0.2) is 79.1 Å². The molecule has 2 N–H and O–H groups in total. The second-order valence-corrected chi connectivity index (χ2v) is 8.21. The minimum atomic E-state index is -0.757. The number of aromatic nitrogens is 3. The van der Waals surface area contributed by atoms with Gasteiger partial charge in [-0.1, -0.05) is 42.5 Å². The van der Waals surface area contributed by atoms with Crippen LogP contribution in [-0.4, -0.2) is 32.6 Å². The number of rotatable bonds is 7. The maximum atomic E-state index is 13.2. The van der Waals surface area contributed by atoms with E-state index in [0.29, 0.717) is 17.8 Å². The Morgan fingerprint density at radius 2 is 1.68 bits per heavy atom. The predicted octanol–water partition coefficient (Wildman–Crippen LogP) is 4.08. The summed E-state index contributed by atoms with van der Waals surface area (Å²) in [5.74, 6) is -0.644. The molecule has 4 aromatic rings. The number of carbonyl (C=O) groups is 2. The maximum absolute atomic E-state index is 13.2. The zero-order valence-electron chi connectivity index (χ0n) is 19.4. The molecular weight excluding hydrogens is 426 g/mol. The van der Waals surface area contributed by atoms with Gasteiger partial charge in [-0.15, -0.1) is 0 Å². The maximum Gasteiger partial charge on any atom is 0.270 e. The molecule has 172 valence electrons. The summed E-state index contributed by atoms with van der Waals surface area (Å²) < 4.78 is 1.48. The van der Waals surface area contributed by atoms with Crippen LogP contribution in [0.4, 0.5) is 5.69 Å². The summed E-state index contributed by atoms with van der Waals surface area (Å²) in [4.78, 5) is 30.4. The van der Waals surface area contributed by atoms with Gasteiger partial charge in [-0.3, -0.25) is 19.3 Å². The van der Waals surface area contributed by atoms with Crippen LogP contribution in [0.3, 0.4) is 0 Å². The van der Waals surface area contributed by atoms with Gasteiger partial charge in [0.15, 0.2) is 0 Å². The molecule has 2 aromatic heterocycles. The Hall–Kier alpha value is -4.26. The number of amides is 2. The number of benzene rings is 2. The molecule has 4 rings (SSSR count). The van der Waals surface area contributed by atoms with Gasteiger partial charge < -0.3 is 10.6 Å². The summed E-state index contributed by atoms with van der Waals surface area (Å²) in [6, 6.07) is 20.1. The highest BCUT2D eigenvalue weighted by molar-refractivity contribution is 6.00. The van der Waals surface area contributed by atoms with Crippen LogP contribution in [0.5, 0.6) is 0 Å². The molecule has 0 bridgehead atoms. The van der Waals surface area contributed by atoms with Crippen molar-refractivity contribution in [1.82, 2.24) is 20.1 Å². The van der Waals surface area contributed by atoms with Gasteiger partial charge in [-0.25, -0.2) is 0 Å². The van der Waals surface area contributed by atoms with Gasteiger partial charge in [0, 0.05) is 42.8 Å². The standard InChI is InChI=1S/C27H27N5O2/c1-18-13-15-28-19(2)25(18)21-9-11-22(12-10-21)30-26(33)23(17-20-7-5-4-6-8-20)31-27(34)24-14-16-29-32(24)3/h4-16,23H,17H2,1-3H3,(H,30,33)(H,31,34). The van der Waals surface area contributed by atoms with E-state index in [1.165, 1.54) is 4.68 Å². The molecule has 0 aliphatic carbocycles.